The fourth-order valence-corrected chi connectivity index (χ4v) is 2.12. The van der Waals surface area contributed by atoms with Gasteiger partial charge in [-0.05, 0) is 18.6 Å². The monoisotopic (exact) mass is 364 g/mol. The zero-order valence-corrected chi connectivity index (χ0v) is 14.0. The molecule has 5 N–H and O–H groups in total. The molecule has 26 heavy (non-hydrogen) atoms. The molecule has 0 aliphatic rings. The van der Waals surface area contributed by atoms with Crippen LogP contribution in [0.15, 0.2) is 48.2 Å². The molecule has 1 aromatic rings. The van der Waals surface area contributed by atoms with Crippen LogP contribution >= 0.6 is 0 Å². The van der Waals surface area contributed by atoms with Crippen molar-refractivity contribution in [2.75, 3.05) is 0 Å². The summed E-state index contributed by atoms with van der Waals surface area (Å²) in [6.45, 7) is 5.27. The molecule has 0 heterocycles. The average molecular weight is 364 g/mol. The van der Waals surface area contributed by atoms with Crippen molar-refractivity contribution in [3.05, 3.63) is 63.9 Å². The quantitative estimate of drug-likeness (QED) is 0.146. The lowest BCUT2D eigenvalue weighted by Crippen LogP contribution is -2.30. The number of phenols is 2. The first-order chi connectivity index (χ1) is 12.1. The Morgan fingerprint density at radius 2 is 2.08 bits per heavy atom. The van der Waals surface area contributed by atoms with Gasteiger partial charge in [0.25, 0.3) is 5.69 Å². The number of allylic oxidation sites excluding steroid dienone is 3. The van der Waals surface area contributed by atoms with Crippen molar-refractivity contribution in [2.45, 2.75) is 26.0 Å². The smallest absolute Gasteiger partial charge is 0.307 e. The Morgan fingerprint density at radius 3 is 2.62 bits per heavy atom. The number of nitro benzene ring substituents is 1. The molecular formula is C17H20N2O7. The lowest BCUT2D eigenvalue weighted by molar-refractivity contribution is -0.385. The number of hydrogen-bond donors (Lipinski definition) is 5. The highest BCUT2D eigenvalue weighted by atomic mass is 16.6. The van der Waals surface area contributed by atoms with Crippen LogP contribution in [0.3, 0.4) is 0 Å². The highest BCUT2D eigenvalue weighted by molar-refractivity contribution is 5.68. The maximum absolute atomic E-state index is 10.8. The summed E-state index contributed by atoms with van der Waals surface area (Å²) in [5.74, 6) is -2.20. The van der Waals surface area contributed by atoms with E-state index in [0.29, 0.717) is 11.3 Å². The summed E-state index contributed by atoms with van der Waals surface area (Å²) in [6, 6.07) is 1.86. The molecule has 0 aliphatic carbocycles. The number of hydrogen-bond acceptors (Lipinski definition) is 7. The first-order valence-corrected chi connectivity index (χ1v) is 7.51. The number of benzene rings is 1. The zero-order chi connectivity index (χ0) is 19.9. The van der Waals surface area contributed by atoms with Gasteiger partial charge in [-0.3, -0.25) is 14.9 Å². The maximum atomic E-state index is 10.8. The van der Waals surface area contributed by atoms with Crippen LogP contribution in [0, 0.1) is 10.1 Å². The minimum atomic E-state index is -1.25. The van der Waals surface area contributed by atoms with Gasteiger partial charge in [0.15, 0.2) is 11.5 Å². The summed E-state index contributed by atoms with van der Waals surface area (Å²) in [5.41, 5.74) is 0.577. The zero-order valence-electron chi connectivity index (χ0n) is 14.0. The number of carbonyl (C=O) groups is 1. The van der Waals surface area contributed by atoms with Gasteiger partial charge in [-0.25, -0.2) is 0 Å². The number of non-ortho nitro benzene ring substituents is 1. The van der Waals surface area contributed by atoms with Crippen LogP contribution in [0.25, 0.3) is 0 Å². The molecule has 0 saturated heterocycles. The van der Waals surface area contributed by atoms with Crippen molar-refractivity contribution in [1.29, 1.82) is 0 Å². The molecule has 0 fully saturated rings. The Bertz CT molecular complexity index is 769. The van der Waals surface area contributed by atoms with Gasteiger partial charge in [0.05, 0.1) is 17.4 Å². The largest absolute Gasteiger partial charge is 0.504 e. The molecule has 0 unspecified atom stereocenters. The second-order valence-corrected chi connectivity index (χ2v) is 5.40. The summed E-state index contributed by atoms with van der Waals surface area (Å²) in [5, 5.41) is 51.6. The van der Waals surface area contributed by atoms with E-state index in [0.717, 1.165) is 12.1 Å². The van der Waals surface area contributed by atoms with Crippen LogP contribution in [0.1, 0.15) is 18.9 Å². The van der Waals surface area contributed by atoms with Crippen molar-refractivity contribution in [3.63, 3.8) is 0 Å². The first kappa shape index (κ1) is 20.7. The highest BCUT2D eigenvalue weighted by Gasteiger charge is 2.18. The number of carboxylic acid groups (broad SMARTS) is 1. The van der Waals surface area contributed by atoms with E-state index in [4.69, 9.17) is 5.11 Å². The summed E-state index contributed by atoms with van der Waals surface area (Å²) in [4.78, 5) is 20.6. The van der Waals surface area contributed by atoms with Crippen LogP contribution in [0.5, 0.6) is 11.5 Å². The molecule has 0 aliphatic heterocycles. The number of nitro groups is 1. The second kappa shape index (κ2) is 9.23. The number of aromatic hydroxyl groups is 2. The van der Waals surface area contributed by atoms with Crippen LogP contribution in [0.2, 0.25) is 0 Å². The Hall–Kier alpha value is -3.33. The van der Waals surface area contributed by atoms with E-state index in [1.165, 1.54) is 12.2 Å². The molecule has 0 bridgehead atoms. The third kappa shape index (κ3) is 5.95. The van der Waals surface area contributed by atoms with E-state index in [-0.39, 0.29) is 18.4 Å². The van der Waals surface area contributed by atoms with Gasteiger partial charge in [-0.15, -0.1) is 0 Å². The number of nitrogens with zero attached hydrogens (tertiary/aromatic N) is 1. The lowest BCUT2D eigenvalue weighted by atomic mass is 10.1. The van der Waals surface area contributed by atoms with Gasteiger partial charge in [-0.1, -0.05) is 18.7 Å². The lowest BCUT2D eigenvalue weighted by Gasteiger charge is -2.17. The number of aliphatic carboxylic acids is 1. The molecule has 140 valence electrons. The molecule has 1 aromatic carbocycles. The Labute approximate surface area is 149 Å². The van der Waals surface area contributed by atoms with E-state index >= 15 is 0 Å². The molecule has 1 rings (SSSR count). The van der Waals surface area contributed by atoms with Crippen molar-refractivity contribution in [3.8, 4) is 11.5 Å². The highest BCUT2D eigenvalue weighted by Crippen LogP contribution is 2.34. The maximum Gasteiger partial charge on any atom is 0.307 e. The standard InChI is InChI=1S/C17H20N2O7/c1-3-13(10(2)5-4-6-16(22)23)18-15(21)8-11-7-12(19(25)26)9-14(20)17(11)24/h3-5,7,9,15,18,20-21,24H,1,6,8H2,2H3,(H,22,23)/b5-4-,13-10+/t15-/m0/s1. The molecular weight excluding hydrogens is 344 g/mol. The van der Waals surface area contributed by atoms with Gasteiger partial charge < -0.3 is 25.7 Å². The summed E-state index contributed by atoms with van der Waals surface area (Å²) < 4.78 is 0. The molecule has 0 radical (unpaired) electrons. The number of carboxylic acids is 1. The molecule has 0 saturated carbocycles. The summed E-state index contributed by atoms with van der Waals surface area (Å²) in [6.07, 6.45) is 2.74. The fraction of sp³-hybridized carbons (Fsp3) is 0.235. The SMILES string of the molecule is C=C/C(N[C@@H](O)Cc1cc([N+](=O)[O-])cc(O)c1O)=C(C)\C=C/CC(=O)O. The summed E-state index contributed by atoms with van der Waals surface area (Å²) in [7, 11) is 0. The van der Waals surface area contributed by atoms with E-state index < -0.39 is 34.3 Å². The van der Waals surface area contributed by atoms with Gasteiger partial charge in [0.1, 0.15) is 6.23 Å². The summed E-state index contributed by atoms with van der Waals surface area (Å²) >= 11 is 0. The Balaban J connectivity index is 2.95. The fourth-order valence-electron chi connectivity index (χ4n) is 2.12. The third-order valence-corrected chi connectivity index (χ3v) is 3.39. The average Bonchev–Trinajstić information content (AvgIpc) is 2.55. The second-order valence-electron chi connectivity index (χ2n) is 5.40. The van der Waals surface area contributed by atoms with Gasteiger partial charge >= 0.3 is 5.97 Å². The molecule has 0 amide bonds. The number of phenolic OH excluding ortho intramolecular Hbond substituents is 2. The molecule has 0 aromatic heterocycles. The van der Waals surface area contributed by atoms with E-state index in [1.54, 1.807) is 13.0 Å². The number of nitrogens with one attached hydrogen (secondary N) is 1. The van der Waals surface area contributed by atoms with E-state index in [2.05, 4.69) is 11.9 Å². The molecule has 0 spiro atoms. The van der Waals surface area contributed by atoms with Crippen molar-refractivity contribution >= 4 is 11.7 Å². The Kier molecular flexibility index (Phi) is 7.35. The third-order valence-electron chi connectivity index (χ3n) is 3.39. The van der Waals surface area contributed by atoms with Crippen LogP contribution in [0.4, 0.5) is 5.69 Å². The number of rotatable bonds is 9. The van der Waals surface area contributed by atoms with Crippen LogP contribution in [-0.4, -0.2) is 37.5 Å². The first-order valence-electron chi connectivity index (χ1n) is 7.51. The topological polar surface area (TPSA) is 153 Å². The number of aliphatic hydroxyl groups is 1. The van der Waals surface area contributed by atoms with Crippen molar-refractivity contribution in [2.24, 2.45) is 0 Å². The van der Waals surface area contributed by atoms with E-state index in [9.17, 15) is 30.2 Å². The Morgan fingerprint density at radius 1 is 1.42 bits per heavy atom. The minimum absolute atomic E-state index is 0.0146. The predicted octanol–water partition coefficient (Wildman–Crippen LogP) is 1.95. The molecule has 9 nitrogen and oxygen atoms in total. The minimum Gasteiger partial charge on any atom is -0.504 e. The molecule has 9 heteroatoms. The van der Waals surface area contributed by atoms with Crippen LogP contribution in [-0.2, 0) is 11.2 Å². The molecule has 1 atom stereocenters. The van der Waals surface area contributed by atoms with Gasteiger partial charge in [0.2, 0.25) is 0 Å². The normalized spacial score (nSPS) is 13.2. The van der Waals surface area contributed by atoms with Crippen molar-refractivity contribution < 1.29 is 30.1 Å². The van der Waals surface area contributed by atoms with Crippen molar-refractivity contribution in [1.82, 2.24) is 5.32 Å². The van der Waals surface area contributed by atoms with E-state index in [1.807, 2.05) is 0 Å². The van der Waals surface area contributed by atoms with Crippen LogP contribution < -0.4 is 5.32 Å². The van der Waals surface area contributed by atoms with Gasteiger partial charge in [0, 0.05) is 23.7 Å². The predicted molar refractivity (Wildman–Crippen MR) is 93.6 cm³/mol. The number of aliphatic hydroxyl groups excluding tert-OH is 1. The van der Waals surface area contributed by atoms with Gasteiger partial charge in [-0.2, -0.15) is 0 Å².